The van der Waals surface area contributed by atoms with E-state index in [0.717, 1.165) is 6.32 Å². The van der Waals surface area contributed by atoms with E-state index in [9.17, 15) is 0 Å². The lowest BCUT2D eigenvalue weighted by molar-refractivity contribution is 0.184. The topological polar surface area (TPSA) is 93.8 Å². The fourth-order valence-electron chi connectivity index (χ4n) is 0.771. The highest BCUT2D eigenvalue weighted by molar-refractivity contribution is 7.47. The zero-order valence-electron chi connectivity index (χ0n) is 7.10. The molecule has 0 aromatic heterocycles. The molecule has 0 amide bonds. The van der Waals surface area contributed by atoms with E-state index in [-0.39, 0.29) is 19.1 Å². The molecule has 0 spiro atoms. The van der Waals surface area contributed by atoms with E-state index in [1.165, 1.54) is 0 Å². The monoisotopic (exact) mass is 195 g/mol. The van der Waals surface area contributed by atoms with Gasteiger partial charge in [-0.15, -0.1) is 0 Å². The van der Waals surface area contributed by atoms with E-state index in [1.54, 1.807) is 0 Å². The zero-order chi connectivity index (χ0) is 9.61. The van der Waals surface area contributed by atoms with Gasteiger partial charge in [0.05, 0.1) is 6.61 Å². The van der Waals surface area contributed by atoms with Crippen molar-refractivity contribution in [2.24, 2.45) is 5.92 Å². The summed E-state index contributed by atoms with van der Waals surface area (Å²) in [5, 5.41) is 15.4. The molecule has 7 heteroatoms. The van der Waals surface area contributed by atoms with Crippen LogP contribution < -0.4 is 0 Å². The summed E-state index contributed by atoms with van der Waals surface area (Å²) in [4.78, 5) is 17.0. The van der Waals surface area contributed by atoms with Gasteiger partial charge in [0.15, 0.2) is 0 Å². The van der Waals surface area contributed by atoms with Crippen molar-refractivity contribution >= 4 is 15.6 Å². The van der Waals surface area contributed by atoms with Gasteiger partial charge >= 0.3 is 7.74 Å². The van der Waals surface area contributed by atoms with Crippen molar-refractivity contribution < 1.29 is 19.4 Å². The highest BCUT2D eigenvalue weighted by Gasteiger charge is 2.10. The molecule has 12 heavy (non-hydrogen) atoms. The Balaban J connectivity index is 3.48. The lowest BCUT2D eigenvalue weighted by Crippen LogP contribution is -2.08. The molecule has 5 nitrogen and oxygen atoms in total. The van der Waals surface area contributed by atoms with Crippen molar-refractivity contribution in [1.82, 2.24) is 0 Å². The van der Waals surface area contributed by atoms with Crippen LogP contribution in [0.25, 0.3) is 0 Å². The second-order valence-electron chi connectivity index (χ2n) is 2.62. The fraction of sp³-hybridized carbons (Fsp3) is 1.00. The van der Waals surface area contributed by atoms with E-state index >= 15 is 0 Å². The third-order valence-corrected chi connectivity index (χ3v) is 2.18. The average molecular weight is 195 g/mol. The Bertz CT molecular complexity index is 158. The van der Waals surface area contributed by atoms with Gasteiger partial charge in [-0.2, -0.15) is 0 Å². The maximum atomic E-state index is 8.74. The van der Waals surface area contributed by atoms with Crippen molar-refractivity contribution in [3.63, 3.8) is 0 Å². The van der Waals surface area contributed by atoms with Crippen LogP contribution >= 0.6 is 7.74 Å². The van der Waals surface area contributed by atoms with Gasteiger partial charge in [0.1, 0.15) is 7.85 Å². The van der Waals surface area contributed by atoms with Crippen molar-refractivity contribution in [3.05, 3.63) is 0 Å². The lowest BCUT2D eigenvalue weighted by atomic mass is 9.90. The summed E-state index contributed by atoms with van der Waals surface area (Å²) >= 11 is 0. The van der Waals surface area contributed by atoms with Crippen molar-refractivity contribution in [3.8, 4) is 0 Å². The second kappa shape index (κ2) is 5.72. The number of aliphatic hydroxyl groups excluding tert-OH is 1. The van der Waals surface area contributed by atoms with Gasteiger partial charge in [0.25, 0.3) is 0 Å². The maximum absolute atomic E-state index is 8.74. The minimum Gasteiger partial charge on any atom is -0.396 e. The van der Waals surface area contributed by atoms with E-state index in [2.05, 4.69) is 4.52 Å². The van der Waals surface area contributed by atoms with Gasteiger partial charge in [0.2, 0.25) is 0 Å². The van der Waals surface area contributed by atoms with Crippen LogP contribution in [0.4, 0.5) is 0 Å². The van der Waals surface area contributed by atoms with E-state index in [4.69, 9.17) is 20.1 Å². The number of hydrogen-bond donors (Lipinski definition) is 4. The van der Waals surface area contributed by atoms with Gasteiger partial charge < -0.3 is 19.4 Å². The lowest BCUT2D eigenvalue weighted by Gasteiger charge is -2.12. The summed E-state index contributed by atoms with van der Waals surface area (Å²) in [6, 6.07) is 0. The SMILES string of the molecule is BC[C@H](CO)CCOP(=N)(O)O. The molecule has 0 radical (unpaired) electrons. The number of nitrogens with one attached hydrogen (secondary N) is 1. The smallest absolute Gasteiger partial charge is 0.347 e. The summed E-state index contributed by atoms with van der Waals surface area (Å²) in [7, 11) is -1.89. The highest BCUT2D eigenvalue weighted by atomic mass is 31.2. The second-order valence-corrected chi connectivity index (χ2v) is 3.97. The van der Waals surface area contributed by atoms with Crippen LogP contribution in [-0.2, 0) is 4.52 Å². The van der Waals surface area contributed by atoms with Gasteiger partial charge in [-0.05, 0) is 12.3 Å². The largest absolute Gasteiger partial charge is 0.396 e. The molecule has 0 bridgehead atoms. The fourth-order valence-corrected chi connectivity index (χ4v) is 1.13. The summed E-state index contributed by atoms with van der Waals surface area (Å²) in [5.41, 5.74) is 0. The van der Waals surface area contributed by atoms with Crippen molar-refractivity contribution in [1.29, 1.82) is 5.16 Å². The van der Waals surface area contributed by atoms with Crippen LogP contribution in [0, 0.1) is 11.1 Å². The van der Waals surface area contributed by atoms with Crippen LogP contribution in [0.2, 0.25) is 6.32 Å². The van der Waals surface area contributed by atoms with E-state index in [0.29, 0.717) is 6.42 Å². The zero-order valence-corrected chi connectivity index (χ0v) is 8.00. The van der Waals surface area contributed by atoms with Crippen LogP contribution in [0.5, 0.6) is 0 Å². The molecule has 0 aliphatic heterocycles. The summed E-state index contributed by atoms with van der Waals surface area (Å²) in [6.45, 7) is 0.184. The molecule has 0 rings (SSSR count). The molecule has 0 heterocycles. The Morgan fingerprint density at radius 1 is 1.50 bits per heavy atom. The first kappa shape index (κ1) is 12.1. The summed E-state index contributed by atoms with van der Waals surface area (Å²) < 4.78 is 4.44. The molecule has 0 fully saturated rings. The van der Waals surface area contributed by atoms with Gasteiger partial charge in [0, 0.05) is 6.61 Å². The molecule has 0 aliphatic rings. The number of hydrogen-bond acceptors (Lipinski definition) is 3. The van der Waals surface area contributed by atoms with E-state index < -0.39 is 7.74 Å². The Morgan fingerprint density at radius 3 is 2.42 bits per heavy atom. The molecule has 0 aromatic carbocycles. The molecule has 72 valence electrons. The van der Waals surface area contributed by atoms with Crippen LogP contribution in [0.1, 0.15) is 6.42 Å². The van der Waals surface area contributed by atoms with Crippen molar-refractivity contribution in [2.45, 2.75) is 12.7 Å². The van der Waals surface area contributed by atoms with E-state index in [1.807, 2.05) is 7.85 Å². The first-order valence-corrected chi connectivity index (χ1v) is 5.46. The first-order valence-electron chi connectivity index (χ1n) is 3.84. The predicted octanol–water partition coefficient (Wildman–Crippen LogP) is -0.437. The number of rotatable bonds is 6. The molecular formula is C5H15BNO4P. The molecule has 0 saturated heterocycles. The maximum Gasteiger partial charge on any atom is 0.347 e. The van der Waals surface area contributed by atoms with Gasteiger partial charge in [-0.3, -0.25) is 0 Å². The van der Waals surface area contributed by atoms with Crippen LogP contribution in [-0.4, -0.2) is 36.0 Å². The third kappa shape index (κ3) is 6.82. The molecule has 0 aromatic rings. The first-order chi connectivity index (χ1) is 5.49. The Kier molecular flexibility index (Phi) is 5.79. The Hall–Kier alpha value is 0.135. The minimum atomic E-state index is -3.82. The van der Waals surface area contributed by atoms with Gasteiger partial charge in [-0.25, -0.2) is 5.16 Å². The molecule has 0 unspecified atom stereocenters. The van der Waals surface area contributed by atoms with Crippen molar-refractivity contribution in [2.75, 3.05) is 13.2 Å². The third-order valence-electron chi connectivity index (χ3n) is 1.63. The van der Waals surface area contributed by atoms with Crippen LogP contribution in [0.15, 0.2) is 0 Å². The average Bonchev–Trinajstić information content (AvgIpc) is 1.96. The quantitative estimate of drug-likeness (QED) is 0.341. The molecule has 0 aliphatic carbocycles. The Labute approximate surface area is 72.9 Å². The molecule has 1 atom stereocenters. The Morgan fingerprint density at radius 2 is 2.08 bits per heavy atom. The standard InChI is InChI=1S/C5H15BNO4P/c6-3-5(4-8)1-2-11-12(7,9)10/h5,8H,1-4,6H2,(H3,7,9,10)/t5-/m1/s1. The highest BCUT2D eigenvalue weighted by Crippen LogP contribution is 2.36. The molecular weight excluding hydrogens is 180 g/mol. The number of aliphatic hydroxyl groups is 1. The van der Waals surface area contributed by atoms with Gasteiger partial charge in [-0.1, -0.05) is 6.32 Å². The molecule has 0 saturated carbocycles. The minimum absolute atomic E-state index is 0.0696. The summed E-state index contributed by atoms with van der Waals surface area (Å²) in [5.74, 6) is 0.122. The normalized spacial score (nSPS) is 14.6. The predicted molar refractivity (Wildman–Crippen MR) is 48.6 cm³/mol. The van der Waals surface area contributed by atoms with Crippen LogP contribution in [0.3, 0.4) is 0 Å². The summed E-state index contributed by atoms with van der Waals surface area (Å²) in [6.07, 6.45) is 1.37. The molecule has 4 N–H and O–H groups in total.